The Kier molecular flexibility index (Phi) is 6.99. The average molecular weight is 486 g/mol. The highest BCUT2D eigenvalue weighted by Crippen LogP contribution is 2.64. The first kappa shape index (κ1) is 25.6. The lowest BCUT2D eigenvalue weighted by Gasteiger charge is -2.35. The van der Waals surface area contributed by atoms with E-state index in [0.29, 0.717) is 44.3 Å². The molecule has 1 aromatic rings. The van der Waals surface area contributed by atoms with Crippen LogP contribution in [-0.4, -0.2) is 63.7 Å². The van der Waals surface area contributed by atoms with Crippen LogP contribution in [0.15, 0.2) is 30.3 Å². The summed E-state index contributed by atoms with van der Waals surface area (Å²) in [5.41, 5.74) is -1.57. The molecule has 3 aliphatic rings. The lowest BCUT2D eigenvalue weighted by Crippen LogP contribution is -2.58. The quantitative estimate of drug-likeness (QED) is 0.466. The number of fused-ring (bicyclic) bond motifs is 1. The standard InChI is InChI=1S/C27H39N3O5/c1-5-26-14-15-27(35-26)20(19(26)22(32)28-18-12-8-6-9-13-18)24(34)30(16-10-7-11-17-31)21(27)23(33)29-25(2,3)4/h6,8-9,12-13,19-21,31H,5,7,10-11,14-17H2,1-4H3,(H,28,32)(H,29,33)/t19-,20-,21?,26+,27?/m0/s1. The molecule has 2 bridgehead atoms. The fraction of sp³-hybridized carbons (Fsp3) is 0.667. The molecule has 3 aliphatic heterocycles. The number of carbonyl (C=O) groups excluding carboxylic acids is 3. The molecular weight excluding hydrogens is 446 g/mol. The summed E-state index contributed by atoms with van der Waals surface area (Å²) >= 11 is 0. The number of hydrogen-bond acceptors (Lipinski definition) is 5. The molecule has 8 nitrogen and oxygen atoms in total. The Morgan fingerprint density at radius 1 is 1.11 bits per heavy atom. The van der Waals surface area contributed by atoms with Crippen molar-refractivity contribution in [2.45, 2.75) is 89.0 Å². The van der Waals surface area contributed by atoms with Crippen LogP contribution >= 0.6 is 0 Å². The van der Waals surface area contributed by atoms with Crippen LogP contribution in [0, 0.1) is 11.8 Å². The predicted molar refractivity (Wildman–Crippen MR) is 132 cm³/mol. The van der Waals surface area contributed by atoms with Crippen LogP contribution in [-0.2, 0) is 19.1 Å². The number of hydrogen-bond donors (Lipinski definition) is 3. The highest BCUT2D eigenvalue weighted by atomic mass is 16.5. The minimum absolute atomic E-state index is 0.0955. The third-order valence-electron chi connectivity index (χ3n) is 7.81. The zero-order valence-corrected chi connectivity index (χ0v) is 21.3. The molecule has 0 saturated carbocycles. The molecule has 8 heteroatoms. The summed E-state index contributed by atoms with van der Waals surface area (Å²) in [6.45, 7) is 8.23. The van der Waals surface area contributed by atoms with E-state index >= 15 is 0 Å². The van der Waals surface area contributed by atoms with Crippen LogP contribution in [0.1, 0.15) is 66.2 Å². The minimum Gasteiger partial charge on any atom is -0.396 e. The second-order valence-corrected chi connectivity index (χ2v) is 11.2. The summed E-state index contributed by atoms with van der Waals surface area (Å²) in [5.74, 6) is -2.00. The maximum absolute atomic E-state index is 14.0. The van der Waals surface area contributed by atoms with Crippen LogP contribution in [0.4, 0.5) is 5.69 Å². The molecule has 35 heavy (non-hydrogen) atoms. The molecule has 4 rings (SSSR count). The summed E-state index contributed by atoms with van der Waals surface area (Å²) in [6, 6.07) is 8.45. The Hall–Kier alpha value is -2.45. The van der Waals surface area contributed by atoms with E-state index in [4.69, 9.17) is 9.84 Å². The van der Waals surface area contributed by atoms with E-state index in [1.165, 1.54) is 0 Å². The number of aliphatic hydroxyl groups excluding tert-OH is 1. The van der Waals surface area contributed by atoms with Gasteiger partial charge in [0, 0.05) is 24.4 Å². The molecule has 5 atom stereocenters. The number of likely N-dealkylation sites (tertiary alicyclic amines) is 1. The number of amides is 3. The highest BCUT2D eigenvalue weighted by Gasteiger charge is 2.78. The van der Waals surface area contributed by atoms with Gasteiger partial charge in [-0.2, -0.15) is 0 Å². The monoisotopic (exact) mass is 485 g/mol. The van der Waals surface area contributed by atoms with E-state index in [1.807, 2.05) is 58.0 Å². The van der Waals surface area contributed by atoms with E-state index < -0.39 is 34.6 Å². The zero-order chi connectivity index (χ0) is 25.4. The Morgan fingerprint density at radius 2 is 1.83 bits per heavy atom. The Balaban J connectivity index is 1.70. The first-order valence-electron chi connectivity index (χ1n) is 12.9. The maximum Gasteiger partial charge on any atom is 0.246 e. The van der Waals surface area contributed by atoms with Gasteiger partial charge in [0.1, 0.15) is 11.6 Å². The average Bonchev–Trinajstić information content (AvgIpc) is 3.40. The van der Waals surface area contributed by atoms with Gasteiger partial charge in [-0.05, 0) is 71.4 Å². The number of anilines is 1. The van der Waals surface area contributed by atoms with Gasteiger partial charge in [0.05, 0.1) is 17.4 Å². The fourth-order valence-electron chi connectivity index (χ4n) is 6.41. The first-order chi connectivity index (χ1) is 16.6. The van der Waals surface area contributed by atoms with Gasteiger partial charge in [0.15, 0.2) is 0 Å². The topological polar surface area (TPSA) is 108 Å². The number of aliphatic hydroxyl groups is 1. The Morgan fingerprint density at radius 3 is 2.46 bits per heavy atom. The van der Waals surface area contributed by atoms with Crippen molar-refractivity contribution in [1.82, 2.24) is 10.2 Å². The van der Waals surface area contributed by atoms with Gasteiger partial charge >= 0.3 is 0 Å². The summed E-state index contributed by atoms with van der Waals surface area (Å²) in [7, 11) is 0. The van der Waals surface area contributed by atoms with Crippen molar-refractivity contribution < 1.29 is 24.2 Å². The molecule has 2 unspecified atom stereocenters. The van der Waals surface area contributed by atoms with Crippen molar-refractivity contribution in [3.63, 3.8) is 0 Å². The number of ether oxygens (including phenoxy) is 1. The number of para-hydroxylation sites is 1. The number of nitrogens with zero attached hydrogens (tertiary/aromatic N) is 1. The highest BCUT2D eigenvalue weighted by molar-refractivity contribution is 6.02. The minimum atomic E-state index is -1.02. The maximum atomic E-state index is 14.0. The molecule has 3 N–H and O–H groups in total. The number of nitrogens with one attached hydrogen (secondary N) is 2. The van der Waals surface area contributed by atoms with E-state index in [-0.39, 0.29) is 24.3 Å². The number of rotatable bonds is 9. The summed E-state index contributed by atoms with van der Waals surface area (Å²) in [4.78, 5) is 43.0. The van der Waals surface area contributed by atoms with Crippen molar-refractivity contribution in [3.8, 4) is 0 Å². The second kappa shape index (κ2) is 9.54. The molecule has 3 fully saturated rings. The Bertz CT molecular complexity index is 961. The van der Waals surface area contributed by atoms with Gasteiger partial charge in [-0.1, -0.05) is 25.1 Å². The molecular formula is C27H39N3O5. The van der Waals surface area contributed by atoms with Gasteiger partial charge in [0.2, 0.25) is 17.7 Å². The second-order valence-electron chi connectivity index (χ2n) is 11.2. The molecule has 3 amide bonds. The van der Waals surface area contributed by atoms with Crippen molar-refractivity contribution in [2.75, 3.05) is 18.5 Å². The van der Waals surface area contributed by atoms with Crippen LogP contribution in [0.3, 0.4) is 0 Å². The molecule has 0 aromatic heterocycles. The van der Waals surface area contributed by atoms with Gasteiger partial charge < -0.3 is 25.4 Å². The van der Waals surface area contributed by atoms with Crippen LogP contribution in [0.2, 0.25) is 0 Å². The van der Waals surface area contributed by atoms with Gasteiger partial charge in [-0.15, -0.1) is 0 Å². The Labute approximate surface area is 207 Å². The summed E-state index contributed by atoms with van der Waals surface area (Å²) in [6.07, 6.45) is 3.87. The van der Waals surface area contributed by atoms with Crippen molar-refractivity contribution in [2.24, 2.45) is 11.8 Å². The third kappa shape index (κ3) is 4.47. The van der Waals surface area contributed by atoms with E-state index in [1.54, 1.807) is 4.90 Å². The predicted octanol–water partition coefficient (Wildman–Crippen LogP) is 2.86. The fourth-order valence-corrected chi connectivity index (χ4v) is 6.41. The molecule has 3 heterocycles. The van der Waals surface area contributed by atoms with Gasteiger partial charge in [-0.25, -0.2) is 0 Å². The number of benzene rings is 1. The molecule has 0 aliphatic carbocycles. The van der Waals surface area contributed by atoms with Crippen LogP contribution in [0.25, 0.3) is 0 Å². The van der Waals surface area contributed by atoms with Crippen molar-refractivity contribution in [3.05, 3.63) is 30.3 Å². The molecule has 0 radical (unpaired) electrons. The summed E-state index contributed by atoms with van der Waals surface area (Å²) < 4.78 is 6.74. The van der Waals surface area contributed by atoms with Crippen LogP contribution in [0.5, 0.6) is 0 Å². The van der Waals surface area contributed by atoms with Crippen LogP contribution < -0.4 is 10.6 Å². The van der Waals surface area contributed by atoms with Gasteiger partial charge in [0.25, 0.3) is 0 Å². The van der Waals surface area contributed by atoms with E-state index in [2.05, 4.69) is 10.6 Å². The normalized spacial score (nSPS) is 31.5. The van der Waals surface area contributed by atoms with E-state index in [9.17, 15) is 14.4 Å². The number of carbonyl (C=O) groups is 3. The lowest BCUT2D eigenvalue weighted by molar-refractivity contribution is -0.147. The SMILES string of the molecule is CC[C@]12CCC3(O1)C(C(=O)NC(C)(C)C)N(CCCCCO)C(=O)[C@@H]3[C@H]2C(=O)Nc1ccccc1. The van der Waals surface area contributed by atoms with E-state index in [0.717, 1.165) is 6.42 Å². The molecule has 3 saturated heterocycles. The number of unbranched alkanes of at least 4 members (excludes halogenated alkanes) is 2. The third-order valence-corrected chi connectivity index (χ3v) is 7.81. The molecule has 192 valence electrons. The smallest absolute Gasteiger partial charge is 0.246 e. The molecule has 1 spiro atoms. The van der Waals surface area contributed by atoms with Crippen molar-refractivity contribution >= 4 is 23.4 Å². The van der Waals surface area contributed by atoms with Gasteiger partial charge in [-0.3, -0.25) is 14.4 Å². The summed E-state index contributed by atoms with van der Waals surface area (Å²) in [5, 5.41) is 15.2. The largest absolute Gasteiger partial charge is 0.396 e. The first-order valence-corrected chi connectivity index (χ1v) is 12.9. The lowest BCUT2D eigenvalue weighted by atomic mass is 9.65. The molecule has 1 aromatic carbocycles. The van der Waals surface area contributed by atoms with Crippen molar-refractivity contribution in [1.29, 1.82) is 0 Å². The zero-order valence-electron chi connectivity index (χ0n) is 21.3.